The lowest BCUT2D eigenvalue weighted by Gasteiger charge is -2.26. The molecule has 0 atom stereocenters. The lowest BCUT2D eigenvalue weighted by atomic mass is 9.90. The molecule has 11 aromatic rings. The van der Waals surface area contributed by atoms with Gasteiger partial charge in [0.25, 0.3) is 0 Å². The van der Waals surface area contributed by atoms with Crippen molar-refractivity contribution >= 4 is 38.6 Å². The van der Waals surface area contributed by atoms with E-state index in [4.69, 9.17) is 0 Å². The second-order valence-electron chi connectivity index (χ2n) is 15.5. The van der Waals surface area contributed by atoms with E-state index in [0.717, 1.165) is 66.1 Å². The second kappa shape index (κ2) is 16.7. The Bertz CT molecular complexity index is 3780. The zero-order valence-corrected chi connectivity index (χ0v) is 34.2. The third-order valence-electron chi connectivity index (χ3n) is 11.6. The van der Waals surface area contributed by atoms with Crippen LogP contribution in [-0.2, 0) is 0 Å². The summed E-state index contributed by atoms with van der Waals surface area (Å²) in [4.78, 5) is 1.37. The molecule has 0 radical (unpaired) electrons. The molecule has 0 bridgehead atoms. The van der Waals surface area contributed by atoms with Crippen LogP contribution in [0.1, 0.15) is 11.0 Å². The molecule has 11 rings (SSSR count). The van der Waals surface area contributed by atoms with Crippen LogP contribution in [0.3, 0.4) is 0 Å². The van der Waals surface area contributed by atoms with Gasteiger partial charge in [-0.2, -0.15) is 0 Å². The normalized spacial score (nSPS) is 13.0. The van der Waals surface area contributed by atoms with Gasteiger partial charge < -0.3 is 4.90 Å². The van der Waals surface area contributed by atoms with Crippen molar-refractivity contribution < 1.29 is 11.0 Å². The molecule has 0 saturated heterocycles. The lowest BCUT2D eigenvalue weighted by Crippen LogP contribution is -2.09. The van der Waals surface area contributed by atoms with Crippen LogP contribution in [0.4, 0.5) is 17.1 Å². The molecule has 63 heavy (non-hydrogen) atoms. The Labute approximate surface area is 380 Å². The Morgan fingerprint density at radius 3 is 1.33 bits per heavy atom. The summed E-state index contributed by atoms with van der Waals surface area (Å²) in [5, 5.41) is 4.01. The van der Waals surface area contributed by atoms with E-state index in [-0.39, 0.29) is 46.7 Å². The molecule has 1 heteroatoms. The number of anilines is 3. The first-order chi connectivity index (χ1) is 34.6. The summed E-state index contributed by atoms with van der Waals surface area (Å²) in [6, 6.07) is 65.8. The Morgan fingerprint density at radius 1 is 0.254 bits per heavy atom. The van der Waals surface area contributed by atoms with Crippen LogP contribution in [0.2, 0.25) is 0 Å². The fourth-order valence-corrected chi connectivity index (χ4v) is 8.48. The first-order valence-corrected chi connectivity index (χ1v) is 21.0. The topological polar surface area (TPSA) is 3.24 Å². The fourth-order valence-electron chi connectivity index (χ4n) is 8.48. The highest BCUT2D eigenvalue weighted by molar-refractivity contribution is 6.04. The number of hydrogen-bond acceptors (Lipinski definition) is 1. The Balaban J connectivity index is 1.12. The molecule has 0 saturated carbocycles. The minimum absolute atomic E-state index is 0.0896. The van der Waals surface area contributed by atoms with Crippen LogP contribution in [-0.4, -0.2) is 0 Å². The van der Waals surface area contributed by atoms with Crippen molar-refractivity contribution in [1.82, 2.24) is 0 Å². The van der Waals surface area contributed by atoms with E-state index in [1.807, 2.05) is 158 Å². The number of benzene rings is 11. The van der Waals surface area contributed by atoms with Crippen molar-refractivity contribution in [3.05, 3.63) is 261 Å². The number of rotatable bonds is 9. The second-order valence-corrected chi connectivity index (χ2v) is 15.5. The van der Waals surface area contributed by atoms with Crippen LogP contribution < -0.4 is 4.90 Å². The van der Waals surface area contributed by atoms with Gasteiger partial charge in [-0.1, -0.05) is 212 Å². The van der Waals surface area contributed by atoms with Crippen molar-refractivity contribution in [3.8, 4) is 66.8 Å². The maximum Gasteiger partial charge on any atom is 0.0645 e. The summed E-state index contributed by atoms with van der Waals surface area (Å²) in [6.45, 7) is 0. The molecule has 1 nitrogen and oxygen atoms in total. The van der Waals surface area contributed by atoms with E-state index in [2.05, 4.69) is 36.4 Å². The minimum atomic E-state index is -0.408. The number of hydrogen-bond donors (Lipinski definition) is 0. The van der Waals surface area contributed by atoms with Crippen molar-refractivity contribution in [3.63, 3.8) is 0 Å². The molecule has 0 amide bonds. The maximum absolute atomic E-state index is 9.78. The van der Waals surface area contributed by atoms with Gasteiger partial charge in [0.1, 0.15) is 0 Å². The molecule has 0 unspecified atom stereocenters. The predicted octanol–water partition coefficient (Wildman–Crippen LogP) is 17.5. The Morgan fingerprint density at radius 2 is 0.698 bits per heavy atom. The largest absolute Gasteiger partial charge is 0.311 e. The van der Waals surface area contributed by atoms with E-state index < -0.39 is 24.2 Å². The summed E-state index contributed by atoms with van der Waals surface area (Å²) >= 11 is 0. The molecule has 11 aromatic carbocycles. The highest BCUT2D eigenvalue weighted by Gasteiger charge is 2.17. The molecule has 0 spiro atoms. The quantitative estimate of drug-likeness (QED) is 0.140. The molecule has 0 fully saturated rings. The van der Waals surface area contributed by atoms with E-state index >= 15 is 0 Å². The zero-order valence-electron chi connectivity index (χ0n) is 42.2. The van der Waals surface area contributed by atoms with Gasteiger partial charge in [0, 0.05) is 17.1 Å². The predicted molar refractivity (Wildman–Crippen MR) is 269 cm³/mol. The van der Waals surface area contributed by atoms with Crippen LogP contribution in [0.15, 0.2) is 261 Å². The first kappa shape index (κ1) is 29.9. The van der Waals surface area contributed by atoms with E-state index in [9.17, 15) is 11.0 Å². The van der Waals surface area contributed by atoms with Gasteiger partial charge in [-0.05, 0) is 137 Å². The number of nitrogens with zero attached hydrogens (tertiary/aromatic N) is 1. The molecule has 0 aliphatic heterocycles. The minimum Gasteiger partial charge on any atom is -0.311 e. The molecule has 0 aliphatic carbocycles. The lowest BCUT2D eigenvalue weighted by molar-refractivity contribution is 1.28. The highest BCUT2D eigenvalue weighted by atomic mass is 15.1. The molecule has 296 valence electrons. The fraction of sp³-hybridized carbons (Fsp3) is 0. The van der Waals surface area contributed by atoms with Crippen LogP contribution in [0, 0.1) is 0 Å². The van der Waals surface area contributed by atoms with Gasteiger partial charge in [0.05, 0.1) is 11.0 Å². The van der Waals surface area contributed by atoms with Crippen molar-refractivity contribution in [2.75, 3.05) is 4.90 Å². The zero-order chi connectivity index (χ0) is 48.9. The van der Waals surface area contributed by atoms with E-state index in [1.54, 1.807) is 18.2 Å². The molecule has 0 N–H and O–H groups in total. The van der Waals surface area contributed by atoms with Crippen LogP contribution >= 0.6 is 0 Å². The number of fused-ring (bicyclic) bond motifs is 2. The summed E-state index contributed by atoms with van der Waals surface area (Å²) < 4.78 is 77.2. The SMILES string of the molecule is [2H]c1c([2H])c(N(c2ccc(-c3ccc4ccccc4c3-c3ccccc3)cc2)c2c([2H])c([2H])c(-c3ccc4ccccc4c3)c([2H])c2[2H])c([2H])c([2H])c1-c1ccc(-c2ccccc2)c(-c2ccccc2)c1. The Kier molecular flexibility index (Phi) is 7.90. The Hall–Kier alpha value is -8.26. The molecular formula is C62H43N. The van der Waals surface area contributed by atoms with Gasteiger partial charge in [0.15, 0.2) is 0 Å². The summed E-state index contributed by atoms with van der Waals surface area (Å²) in [6.07, 6.45) is 0. The summed E-state index contributed by atoms with van der Waals surface area (Å²) in [5.41, 5.74) is 8.68. The monoisotopic (exact) mass is 809 g/mol. The highest BCUT2D eigenvalue weighted by Crippen LogP contribution is 2.42. The van der Waals surface area contributed by atoms with E-state index in [0.29, 0.717) is 16.8 Å². The first-order valence-electron chi connectivity index (χ1n) is 25.0. The van der Waals surface area contributed by atoms with Gasteiger partial charge in [0.2, 0.25) is 0 Å². The molecule has 0 aromatic heterocycles. The van der Waals surface area contributed by atoms with Gasteiger partial charge in [-0.25, -0.2) is 0 Å². The van der Waals surface area contributed by atoms with Crippen molar-refractivity contribution in [2.45, 2.75) is 0 Å². The van der Waals surface area contributed by atoms with E-state index in [1.165, 1.54) is 4.90 Å². The van der Waals surface area contributed by atoms with Crippen molar-refractivity contribution in [1.29, 1.82) is 0 Å². The average molecular weight is 810 g/mol. The third kappa shape index (κ3) is 7.47. The average Bonchev–Trinajstić information content (AvgIpc) is 3.42. The maximum atomic E-state index is 9.78. The third-order valence-corrected chi connectivity index (χ3v) is 11.6. The van der Waals surface area contributed by atoms with Gasteiger partial charge in [-0.15, -0.1) is 0 Å². The standard InChI is InChI=1S/C62H43N/c1-4-15-47(16-5-1)58-40-33-54(43-61(58)48-17-6-2-7-18-48)46-28-36-56(37-29-46)63(55-34-26-45(27-35-55)53-25-24-44-14-10-11-22-52(44)42-53)57-38-30-50(31-39-57)60-41-32-49-19-12-13-23-59(49)62(60)51-20-8-3-9-21-51/h1-43H/i26D,27D,28D,29D,34D,35D,36D,37D. The summed E-state index contributed by atoms with van der Waals surface area (Å²) in [7, 11) is 0. The molecule has 0 heterocycles. The van der Waals surface area contributed by atoms with Gasteiger partial charge >= 0.3 is 0 Å². The van der Waals surface area contributed by atoms with Crippen LogP contribution in [0.5, 0.6) is 0 Å². The van der Waals surface area contributed by atoms with Gasteiger partial charge in [-0.3, -0.25) is 0 Å². The molecular weight excluding hydrogens is 759 g/mol. The molecule has 0 aliphatic rings. The smallest absolute Gasteiger partial charge is 0.0645 e. The van der Waals surface area contributed by atoms with Crippen LogP contribution in [0.25, 0.3) is 88.3 Å². The van der Waals surface area contributed by atoms with Crippen molar-refractivity contribution in [2.24, 2.45) is 0 Å². The summed E-state index contributed by atoms with van der Waals surface area (Å²) in [5.74, 6) is 0.